The molecule has 0 saturated heterocycles. The summed E-state index contributed by atoms with van der Waals surface area (Å²) in [5.41, 5.74) is 6.09. The highest BCUT2D eigenvalue weighted by molar-refractivity contribution is 5.74. The van der Waals surface area contributed by atoms with Crippen molar-refractivity contribution in [3.8, 4) is 11.3 Å². The highest BCUT2D eigenvalue weighted by atomic mass is 16.1. The minimum Gasteiger partial charge on any atom is -0.317 e. The Kier molecular flexibility index (Phi) is 1.66. The minimum atomic E-state index is -0.131. The molecule has 18 heavy (non-hydrogen) atoms. The molecule has 0 fully saturated rings. The molecular formula is C14H11N3O. The number of fused-ring (bicyclic) bond motifs is 5. The third-order valence-electron chi connectivity index (χ3n) is 3.69. The van der Waals surface area contributed by atoms with E-state index in [4.69, 9.17) is 0 Å². The Hall–Kier alpha value is -2.36. The highest BCUT2D eigenvalue weighted by Crippen LogP contribution is 2.35. The molecule has 0 saturated carbocycles. The van der Waals surface area contributed by atoms with Gasteiger partial charge in [0.15, 0.2) is 0 Å². The maximum Gasteiger partial charge on any atom is 0.292 e. The van der Waals surface area contributed by atoms with Gasteiger partial charge < -0.3 is 4.98 Å². The van der Waals surface area contributed by atoms with Gasteiger partial charge in [-0.25, -0.2) is 4.98 Å². The van der Waals surface area contributed by atoms with Crippen LogP contribution in [0, 0.1) is 6.92 Å². The zero-order chi connectivity index (χ0) is 12.3. The fourth-order valence-corrected chi connectivity index (χ4v) is 2.79. The lowest BCUT2D eigenvalue weighted by molar-refractivity contribution is 0.998. The average Bonchev–Trinajstić information content (AvgIpc) is 2.94. The first-order valence-electron chi connectivity index (χ1n) is 5.93. The molecule has 0 radical (unpaired) electrons. The van der Waals surface area contributed by atoms with E-state index in [2.05, 4.69) is 29.0 Å². The zero-order valence-corrected chi connectivity index (χ0v) is 9.90. The van der Waals surface area contributed by atoms with Gasteiger partial charge in [-0.3, -0.25) is 9.20 Å². The van der Waals surface area contributed by atoms with Crippen LogP contribution in [0.1, 0.15) is 16.8 Å². The van der Waals surface area contributed by atoms with Crippen molar-refractivity contribution in [1.29, 1.82) is 0 Å². The number of benzene rings is 1. The molecule has 3 aromatic rings. The molecule has 1 aliphatic carbocycles. The number of nitrogens with one attached hydrogen (secondary N) is 1. The predicted octanol–water partition coefficient (Wildman–Crippen LogP) is 1.90. The number of aromatic amines is 1. The molecule has 1 aliphatic rings. The Labute approximate surface area is 103 Å². The summed E-state index contributed by atoms with van der Waals surface area (Å²) in [7, 11) is 0. The summed E-state index contributed by atoms with van der Waals surface area (Å²) in [5, 5.41) is 0. The molecule has 2 aromatic heterocycles. The van der Waals surface area contributed by atoms with Gasteiger partial charge in [-0.2, -0.15) is 0 Å². The van der Waals surface area contributed by atoms with Gasteiger partial charge in [-0.05, 0) is 18.1 Å². The van der Waals surface area contributed by atoms with Gasteiger partial charge in [0.25, 0.3) is 5.56 Å². The monoisotopic (exact) mass is 237 g/mol. The van der Waals surface area contributed by atoms with E-state index in [9.17, 15) is 4.79 Å². The van der Waals surface area contributed by atoms with Crippen LogP contribution in [0.2, 0.25) is 0 Å². The summed E-state index contributed by atoms with van der Waals surface area (Å²) in [4.78, 5) is 19.0. The molecular weight excluding hydrogens is 226 g/mol. The SMILES string of the molecule is Cc1cccc2c1Cc1c-2[nH]c(=O)c2nccn12. The molecule has 1 aromatic carbocycles. The first-order chi connectivity index (χ1) is 8.75. The number of aryl methyl sites for hydroxylation is 1. The molecule has 0 amide bonds. The van der Waals surface area contributed by atoms with Crippen molar-refractivity contribution in [2.24, 2.45) is 0 Å². The first kappa shape index (κ1) is 9.65. The van der Waals surface area contributed by atoms with Crippen molar-refractivity contribution in [2.75, 3.05) is 0 Å². The van der Waals surface area contributed by atoms with Crippen LogP contribution in [0.15, 0.2) is 35.4 Å². The minimum absolute atomic E-state index is 0.131. The zero-order valence-electron chi connectivity index (χ0n) is 9.90. The molecule has 88 valence electrons. The highest BCUT2D eigenvalue weighted by Gasteiger charge is 2.23. The summed E-state index contributed by atoms with van der Waals surface area (Å²) in [6.07, 6.45) is 4.37. The fourth-order valence-electron chi connectivity index (χ4n) is 2.79. The lowest BCUT2D eigenvalue weighted by Crippen LogP contribution is -2.13. The van der Waals surface area contributed by atoms with E-state index < -0.39 is 0 Å². The van der Waals surface area contributed by atoms with E-state index in [1.165, 1.54) is 11.1 Å². The average molecular weight is 237 g/mol. The molecule has 2 heterocycles. The van der Waals surface area contributed by atoms with E-state index in [0.717, 1.165) is 23.4 Å². The van der Waals surface area contributed by atoms with E-state index in [1.54, 1.807) is 6.20 Å². The Morgan fingerprint density at radius 3 is 3.17 bits per heavy atom. The quantitative estimate of drug-likeness (QED) is 0.508. The van der Waals surface area contributed by atoms with Gasteiger partial charge >= 0.3 is 0 Å². The fraction of sp³-hybridized carbons (Fsp3) is 0.143. The molecule has 1 N–H and O–H groups in total. The van der Waals surface area contributed by atoms with Crippen LogP contribution in [0.25, 0.3) is 16.9 Å². The van der Waals surface area contributed by atoms with E-state index in [0.29, 0.717) is 5.65 Å². The second-order valence-corrected chi connectivity index (χ2v) is 4.67. The lowest BCUT2D eigenvalue weighted by atomic mass is 10.0. The van der Waals surface area contributed by atoms with Gasteiger partial charge in [0.2, 0.25) is 5.65 Å². The number of nitrogens with zero attached hydrogens (tertiary/aromatic N) is 2. The van der Waals surface area contributed by atoms with Crippen molar-refractivity contribution in [2.45, 2.75) is 13.3 Å². The van der Waals surface area contributed by atoms with Crippen LogP contribution in [0.4, 0.5) is 0 Å². The summed E-state index contributed by atoms with van der Waals surface area (Å²) in [5.74, 6) is 0. The van der Waals surface area contributed by atoms with E-state index in [-0.39, 0.29) is 5.56 Å². The standard InChI is InChI=1S/C14H11N3O/c1-8-3-2-4-9-10(8)7-11-12(9)16-14(18)13-15-5-6-17(11)13/h2-6H,7H2,1H3,(H,16,18). The number of imidazole rings is 1. The summed E-state index contributed by atoms with van der Waals surface area (Å²) >= 11 is 0. The van der Waals surface area contributed by atoms with Crippen LogP contribution in [0.5, 0.6) is 0 Å². The molecule has 0 spiro atoms. The van der Waals surface area contributed by atoms with Crippen LogP contribution in [-0.4, -0.2) is 14.4 Å². The topological polar surface area (TPSA) is 50.2 Å². The van der Waals surface area contributed by atoms with E-state index >= 15 is 0 Å². The molecule has 0 unspecified atom stereocenters. The Morgan fingerprint density at radius 1 is 1.39 bits per heavy atom. The van der Waals surface area contributed by atoms with Crippen molar-refractivity contribution in [1.82, 2.24) is 14.4 Å². The Bertz CT molecular complexity index is 842. The van der Waals surface area contributed by atoms with Gasteiger partial charge in [0.05, 0.1) is 11.4 Å². The third-order valence-corrected chi connectivity index (χ3v) is 3.69. The number of hydrogen-bond acceptors (Lipinski definition) is 2. The normalized spacial score (nSPS) is 12.7. The van der Waals surface area contributed by atoms with Gasteiger partial charge in [-0.15, -0.1) is 0 Å². The van der Waals surface area contributed by atoms with Gasteiger partial charge in [-0.1, -0.05) is 18.2 Å². The Balaban J connectivity index is 2.17. The summed E-state index contributed by atoms with van der Waals surface area (Å²) in [6.45, 7) is 2.11. The Morgan fingerprint density at radius 2 is 2.28 bits per heavy atom. The number of H-pyrrole nitrogens is 1. The molecule has 0 aliphatic heterocycles. The van der Waals surface area contributed by atoms with Crippen LogP contribution in [0.3, 0.4) is 0 Å². The first-order valence-corrected chi connectivity index (χ1v) is 5.93. The third kappa shape index (κ3) is 1.05. The van der Waals surface area contributed by atoms with Crippen LogP contribution < -0.4 is 5.56 Å². The smallest absolute Gasteiger partial charge is 0.292 e. The van der Waals surface area contributed by atoms with Crippen LogP contribution >= 0.6 is 0 Å². The summed E-state index contributed by atoms with van der Waals surface area (Å²) in [6, 6.07) is 6.19. The molecule has 0 bridgehead atoms. The summed E-state index contributed by atoms with van der Waals surface area (Å²) < 4.78 is 1.90. The van der Waals surface area contributed by atoms with Crippen molar-refractivity contribution >= 4 is 5.65 Å². The molecule has 0 atom stereocenters. The predicted molar refractivity (Wildman–Crippen MR) is 68.8 cm³/mol. The maximum absolute atomic E-state index is 12.0. The van der Waals surface area contributed by atoms with Gasteiger partial charge in [0.1, 0.15) is 0 Å². The van der Waals surface area contributed by atoms with E-state index in [1.807, 2.05) is 16.7 Å². The van der Waals surface area contributed by atoms with Crippen LogP contribution in [-0.2, 0) is 6.42 Å². The lowest BCUT2D eigenvalue weighted by Gasteiger charge is -2.03. The number of rotatable bonds is 0. The van der Waals surface area contributed by atoms with Crippen molar-refractivity contribution in [3.63, 3.8) is 0 Å². The molecule has 4 heteroatoms. The van der Waals surface area contributed by atoms with Gasteiger partial charge in [0, 0.05) is 24.4 Å². The van der Waals surface area contributed by atoms with Crippen molar-refractivity contribution < 1.29 is 0 Å². The van der Waals surface area contributed by atoms with Crippen molar-refractivity contribution in [3.05, 3.63) is 57.8 Å². The number of aromatic nitrogens is 3. The largest absolute Gasteiger partial charge is 0.317 e. The molecule has 4 rings (SSSR count). The molecule has 4 nitrogen and oxygen atoms in total. The second kappa shape index (κ2) is 3.10. The maximum atomic E-state index is 12.0. The number of hydrogen-bond donors (Lipinski definition) is 1. The second-order valence-electron chi connectivity index (χ2n) is 4.67.